The van der Waals surface area contributed by atoms with Crippen molar-refractivity contribution < 1.29 is 19.8 Å². The zero-order chi connectivity index (χ0) is 13.4. The molecule has 1 saturated carbocycles. The highest BCUT2D eigenvalue weighted by atomic mass is 16.4. The van der Waals surface area contributed by atoms with Gasteiger partial charge in [0.1, 0.15) is 0 Å². The molecule has 0 aromatic rings. The molecule has 0 heterocycles. The number of carboxylic acid groups (broad SMARTS) is 1. The largest absolute Gasteiger partial charge is 0.481 e. The Labute approximate surface area is 108 Å². The third kappa shape index (κ3) is 6.59. The topological polar surface area (TPSA) is 86.6 Å². The summed E-state index contributed by atoms with van der Waals surface area (Å²) in [5.74, 6) is -0.441. The third-order valence-electron chi connectivity index (χ3n) is 3.39. The fraction of sp³-hybridized carbons (Fsp3) is 0.846. The summed E-state index contributed by atoms with van der Waals surface area (Å²) in [6.45, 7) is 0.634. The van der Waals surface area contributed by atoms with Gasteiger partial charge in [0.2, 0.25) is 5.91 Å². The summed E-state index contributed by atoms with van der Waals surface area (Å²) < 4.78 is 0. The summed E-state index contributed by atoms with van der Waals surface area (Å²) in [5.41, 5.74) is 0. The summed E-state index contributed by atoms with van der Waals surface area (Å²) in [5, 5.41) is 20.8. The van der Waals surface area contributed by atoms with E-state index in [1.807, 2.05) is 0 Å². The molecule has 1 aliphatic rings. The SMILES string of the molecule is O=C(O)CCCCC(=O)NCC1CCCC(O)C1. The van der Waals surface area contributed by atoms with Crippen LogP contribution in [-0.2, 0) is 9.59 Å². The molecule has 5 heteroatoms. The monoisotopic (exact) mass is 257 g/mol. The first-order valence-corrected chi connectivity index (χ1v) is 6.74. The first-order valence-electron chi connectivity index (χ1n) is 6.74. The van der Waals surface area contributed by atoms with Crippen molar-refractivity contribution in [1.82, 2.24) is 5.32 Å². The van der Waals surface area contributed by atoms with Crippen molar-refractivity contribution in [2.45, 2.75) is 57.5 Å². The number of hydrogen-bond acceptors (Lipinski definition) is 3. The van der Waals surface area contributed by atoms with Crippen LogP contribution in [0.25, 0.3) is 0 Å². The molecule has 0 radical (unpaired) electrons. The molecule has 3 N–H and O–H groups in total. The minimum atomic E-state index is -0.813. The molecule has 5 nitrogen and oxygen atoms in total. The maximum Gasteiger partial charge on any atom is 0.303 e. The van der Waals surface area contributed by atoms with Crippen LogP contribution in [0.2, 0.25) is 0 Å². The minimum absolute atomic E-state index is 0.0135. The van der Waals surface area contributed by atoms with E-state index < -0.39 is 5.97 Å². The Morgan fingerprint density at radius 1 is 1.17 bits per heavy atom. The standard InChI is InChI=1S/C13H23NO4/c15-11-5-3-4-10(8-11)9-14-12(16)6-1-2-7-13(17)18/h10-11,15H,1-9H2,(H,14,16)(H,17,18). The third-order valence-corrected chi connectivity index (χ3v) is 3.39. The molecule has 0 saturated heterocycles. The molecule has 1 amide bonds. The molecule has 104 valence electrons. The first kappa shape index (κ1) is 15.0. The second-order valence-corrected chi connectivity index (χ2v) is 5.09. The molecule has 0 aromatic heterocycles. The molecule has 1 rings (SSSR count). The number of carbonyl (C=O) groups is 2. The number of aliphatic hydroxyl groups excluding tert-OH is 1. The van der Waals surface area contributed by atoms with E-state index in [0.29, 0.717) is 31.7 Å². The van der Waals surface area contributed by atoms with Gasteiger partial charge in [0.05, 0.1) is 6.10 Å². The van der Waals surface area contributed by atoms with E-state index in [9.17, 15) is 14.7 Å². The van der Waals surface area contributed by atoms with Gasteiger partial charge in [-0.3, -0.25) is 9.59 Å². The van der Waals surface area contributed by atoms with Gasteiger partial charge >= 0.3 is 5.97 Å². The van der Waals surface area contributed by atoms with Crippen LogP contribution < -0.4 is 5.32 Å². The Morgan fingerprint density at radius 3 is 2.56 bits per heavy atom. The van der Waals surface area contributed by atoms with E-state index in [1.54, 1.807) is 0 Å². The Morgan fingerprint density at radius 2 is 1.89 bits per heavy atom. The zero-order valence-electron chi connectivity index (χ0n) is 10.7. The van der Waals surface area contributed by atoms with E-state index in [-0.39, 0.29) is 18.4 Å². The van der Waals surface area contributed by atoms with Gasteiger partial charge in [-0.1, -0.05) is 6.42 Å². The van der Waals surface area contributed by atoms with Crippen LogP contribution in [0, 0.1) is 5.92 Å². The van der Waals surface area contributed by atoms with E-state index in [2.05, 4.69) is 5.32 Å². The number of carboxylic acids is 1. The molecule has 18 heavy (non-hydrogen) atoms. The number of nitrogens with one attached hydrogen (secondary N) is 1. The Hall–Kier alpha value is -1.10. The fourth-order valence-electron chi connectivity index (χ4n) is 2.36. The van der Waals surface area contributed by atoms with Crippen LogP contribution in [0.3, 0.4) is 0 Å². The summed E-state index contributed by atoms with van der Waals surface area (Å²) in [4.78, 5) is 21.8. The van der Waals surface area contributed by atoms with E-state index >= 15 is 0 Å². The zero-order valence-corrected chi connectivity index (χ0v) is 10.7. The van der Waals surface area contributed by atoms with Crippen LogP contribution in [0.1, 0.15) is 51.4 Å². The maximum atomic E-state index is 11.5. The molecule has 2 atom stereocenters. The average Bonchev–Trinajstić information content (AvgIpc) is 2.32. The summed E-state index contributed by atoms with van der Waals surface area (Å²) in [6.07, 6.45) is 5.22. The van der Waals surface area contributed by atoms with Gasteiger partial charge in [0, 0.05) is 19.4 Å². The molecule has 0 aliphatic heterocycles. The van der Waals surface area contributed by atoms with E-state index in [4.69, 9.17) is 5.11 Å². The quantitative estimate of drug-likeness (QED) is 0.600. The number of hydrogen-bond donors (Lipinski definition) is 3. The van der Waals surface area contributed by atoms with Crippen LogP contribution in [0.5, 0.6) is 0 Å². The van der Waals surface area contributed by atoms with Crippen LogP contribution >= 0.6 is 0 Å². The van der Waals surface area contributed by atoms with Gasteiger partial charge in [0.15, 0.2) is 0 Å². The molecule has 2 unspecified atom stereocenters. The van der Waals surface area contributed by atoms with Crippen molar-refractivity contribution in [1.29, 1.82) is 0 Å². The van der Waals surface area contributed by atoms with Gasteiger partial charge in [-0.05, 0) is 38.0 Å². The van der Waals surface area contributed by atoms with E-state index in [0.717, 1.165) is 25.7 Å². The van der Waals surface area contributed by atoms with Crippen molar-refractivity contribution in [2.75, 3.05) is 6.54 Å². The number of aliphatic carboxylic acids is 1. The maximum absolute atomic E-state index is 11.5. The highest BCUT2D eigenvalue weighted by molar-refractivity contribution is 5.75. The summed E-state index contributed by atoms with van der Waals surface area (Å²) in [7, 11) is 0. The van der Waals surface area contributed by atoms with Gasteiger partial charge < -0.3 is 15.5 Å². The lowest BCUT2D eigenvalue weighted by Gasteiger charge is -2.25. The van der Waals surface area contributed by atoms with Crippen LogP contribution in [0.4, 0.5) is 0 Å². The number of amides is 1. The lowest BCUT2D eigenvalue weighted by molar-refractivity contribution is -0.137. The molecule has 0 bridgehead atoms. The number of unbranched alkanes of at least 4 members (excludes halogenated alkanes) is 1. The summed E-state index contributed by atoms with van der Waals surface area (Å²) in [6, 6.07) is 0. The Balaban J connectivity index is 2.04. The molecule has 0 spiro atoms. The van der Waals surface area contributed by atoms with Gasteiger partial charge in [0.25, 0.3) is 0 Å². The summed E-state index contributed by atoms with van der Waals surface area (Å²) >= 11 is 0. The lowest BCUT2D eigenvalue weighted by atomic mass is 9.87. The Bertz CT molecular complexity index is 280. The number of rotatable bonds is 7. The van der Waals surface area contributed by atoms with Crippen molar-refractivity contribution in [3.63, 3.8) is 0 Å². The van der Waals surface area contributed by atoms with Gasteiger partial charge in [-0.25, -0.2) is 0 Å². The number of carbonyl (C=O) groups excluding carboxylic acids is 1. The normalized spacial score (nSPS) is 23.6. The van der Waals surface area contributed by atoms with Crippen LogP contribution in [-0.4, -0.2) is 34.7 Å². The second kappa shape index (κ2) is 8.08. The lowest BCUT2D eigenvalue weighted by Crippen LogP contribution is -2.32. The highest BCUT2D eigenvalue weighted by Gasteiger charge is 2.20. The van der Waals surface area contributed by atoms with Crippen LogP contribution in [0.15, 0.2) is 0 Å². The van der Waals surface area contributed by atoms with Crippen molar-refractivity contribution in [2.24, 2.45) is 5.92 Å². The van der Waals surface area contributed by atoms with Crippen molar-refractivity contribution in [3.05, 3.63) is 0 Å². The molecule has 0 aromatic carbocycles. The van der Waals surface area contributed by atoms with Gasteiger partial charge in [-0.15, -0.1) is 0 Å². The average molecular weight is 257 g/mol. The molecule has 1 aliphatic carbocycles. The minimum Gasteiger partial charge on any atom is -0.481 e. The van der Waals surface area contributed by atoms with Gasteiger partial charge in [-0.2, -0.15) is 0 Å². The molecule has 1 fully saturated rings. The molecular formula is C13H23NO4. The first-order chi connectivity index (χ1) is 8.58. The predicted octanol–water partition coefficient (Wildman–Crippen LogP) is 1.30. The highest BCUT2D eigenvalue weighted by Crippen LogP contribution is 2.23. The second-order valence-electron chi connectivity index (χ2n) is 5.09. The van der Waals surface area contributed by atoms with Crippen molar-refractivity contribution in [3.8, 4) is 0 Å². The predicted molar refractivity (Wildman–Crippen MR) is 67.1 cm³/mol. The fourth-order valence-corrected chi connectivity index (χ4v) is 2.36. The van der Waals surface area contributed by atoms with Crippen molar-refractivity contribution >= 4 is 11.9 Å². The Kier molecular flexibility index (Phi) is 6.72. The smallest absolute Gasteiger partial charge is 0.303 e. The van der Waals surface area contributed by atoms with E-state index in [1.165, 1.54) is 0 Å². The molecular weight excluding hydrogens is 234 g/mol. The number of aliphatic hydroxyl groups is 1.